The maximum absolute atomic E-state index is 13.1. The molecule has 0 aliphatic carbocycles. The van der Waals surface area contributed by atoms with E-state index in [0.717, 1.165) is 4.90 Å². The third-order valence-corrected chi connectivity index (χ3v) is 4.40. The predicted octanol–water partition coefficient (Wildman–Crippen LogP) is 3.10. The summed E-state index contributed by atoms with van der Waals surface area (Å²) in [5.41, 5.74) is 1.85. The number of anilines is 1. The summed E-state index contributed by atoms with van der Waals surface area (Å²) >= 11 is 5.68. The van der Waals surface area contributed by atoms with E-state index in [0.29, 0.717) is 22.6 Å². The first kappa shape index (κ1) is 18.7. The van der Waals surface area contributed by atoms with E-state index in [-0.39, 0.29) is 17.0 Å². The van der Waals surface area contributed by atoms with Gasteiger partial charge < -0.3 is 9.47 Å². The van der Waals surface area contributed by atoms with Gasteiger partial charge in [0.25, 0.3) is 5.91 Å². The Labute approximate surface area is 160 Å². The van der Waals surface area contributed by atoms with E-state index in [1.807, 2.05) is 18.2 Å². The Morgan fingerprint density at radius 2 is 1.70 bits per heavy atom. The lowest BCUT2D eigenvalue weighted by molar-refractivity contribution is -0.122. The number of rotatable bonds is 4. The lowest BCUT2D eigenvalue weighted by Crippen LogP contribution is -2.34. The van der Waals surface area contributed by atoms with Gasteiger partial charge in [0, 0.05) is 11.1 Å². The molecule has 0 fully saturated rings. The van der Waals surface area contributed by atoms with Gasteiger partial charge in [0.2, 0.25) is 5.91 Å². The van der Waals surface area contributed by atoms with Crippen molar-refractivity contribution < 1.29 is 23.9 Å². The number of benzene rings is 2. The highest BCUT2D eigenvalue weighted by Gasteiger charge is 2.39. The number of hydrogen-bond acceptors (Lipinski definition) is 5. The molecule has 1 heterocycles. The number of carbonyl (C=O) groups is 3. The SMILES string of the molecule is COC(=O)c1ccc2c(c1)/C(=C(/OC)c1ccccc1)C(=O)N2C(=O)CCl. The van der Waals surface area contributed by atoms with E-state index in [4.69, 9.17) is 21.1 Å². The Kier molecular flexibility index (Phi) is 5.28. The summed E-state index contributed by atoms with van der Waals surface area (Å²) in [4.78, 5) is 38.3. The molecule has 2 amide bonds. The molecule has 0 N–H and O–H groups in total. The van der Waals surface area contributed by atoms with Crippen molar-refractivity contribution in [2.24, 2.45) is 0 Å². The van der Waals surface area contributed by atoms with Gasteiger partial charge in [-0.25, -0.2) is 9.69 Å². The monoisotopic (exact) mass is 385 g/mol. The van der Waals surface area contributed by atoms with E-state index in [2.05, 4.69) is 0 Å². The second-order valence-corrected chi connectivity index (χ2v) is 5.93. The van der Waals surface area contributed by atoms with E-state index in [9.17, 15) is 14.4 Å². The Bertz CT molecular complexity index is 952. The number of carbonyl (C=O) groups excluding carboxylic acids is 3. The van der Waals surface area contributed by atoms with Gasteiger partial charge in [0.05, 0.1) is 31.0 Å². The van der Waals surface area contributed by atoms with Crippen LogP contribution in [-0.2, 0) is 19.1 Å². The molecule has 0 bridgehead atoms. The molecule has 0 radical (unpaired) electrons. The van der Waals surface area contributed by atoms with Crippen LogP contribution in [0.4, 0.5) is 5.69 Å². The Morgan fingerprint density at radius 1 is 1.00 bits per heavy atom. The smallest absolute Gasteiger partial charge is 0.337 e. The van der Waals surface area contributed by atoms with E-state index < -0.39 is 17.8 Å². The molecule has 0 saturated carbocycles. The number of esters is 1. The molecule has 0 spiro atoms. The second-order valence-electron chi connectivity index (χ2n) is 5.67. The second kappa shape index (κ2) is 7.63. The van der Waals surface area contributed by atoms with Gasteiger partial charge in [-0.05, 0) is 18.2 Å². The van der Waals surface area contributed by atoms with Crippen molar-refractivity contribution in [1.82, 2.24) is 0 Å². The first-order chi connectivity index (χ1) is 13.0. The van der Waals surface area contributed by atoms with E-state index in [1.54, 1.807) is 12.1 Å². The van der Waals surface area contributed by atoms with Crippen LogP contribution in [0.25, 0.3) is 11.3 Å². The number of methoxy groups -OCH3 is 2. The number of amides is 2. The third kappa shape index (κ3) is 3.19. The zero-order valence-corrected chi connectivity index (χ0v) is 15.4. The lowest BCUT2D eigenvalue weighted by atomic mass is 10.00. The van der Waals surface area contributed by atoms with Crippen molar-refractivity contribution in [2.75, 3.05) is 25.0 Å². The van der Waals surface area contributed by atoms with Crippen LogP contribution < -0.4 is 4.90 Å². The predicted molar refractivity (Wildman–Crippen MR) is 101 cm³/mol. The van der Waals surface area contributed by atoms with Gasteiger partial charge in [0.1, 0.15) is 11.6 Å². The van der Waals surface area contributed by atoms with Crippen molar-refractivity contribution in [3.63, 3.8) is 0 Å². The fourth-order valence-electron chi connectivity index (χ4n) is 2.99. The fraction of sp³-hybridized carbons (Fsp3) is 0.150. The summed E-state index contributed by atoms with van der Waals surface area (Å²) in [5, 5.41) is 0. The highest BCUT2D eigenvalue weighted by atomic mass is 35.5. The van der Waals surface area contributed by atoms with Gasteiger partial charge >= 0.3 is 5.97 Å². The third-order valence-electron chi connectivity index (χ3n) is 4.18. The van der Waals surface area contributed by atoms with Gasteiger partial charge in [0.15, 0.2) is 0 Å². The van der Waals surface area contributed by atoms with Crippen molar-refractivity contribution in [2.45, 2.75) is 0 Å². The number of fused-ring (bicyclic) bond motifs is 1. The summed E-state index contributed by atoms with van der Waals surface area (Å²) in [6.07, 6.45) is 0. The lowest BCUT2D eigenvalue weighted by Gasteiger charge is -2.13. The zero-order chi connectivity index (χ0) is 19.6. The van der Waals surface area contributed by atoms with Crippen LogP contribution in [0.5, 0.6) is 0 Å². The molecule has 3 rings (SSSR count). The first-order valence-corrected chi connectivity index (χ1v) is 8.56. The van der Waals surface area contributed by atoms with Crippen LogP contribution in [0.15, 0.2) is 48.5 Å². The molecule has 138 valence electrons. The highest BCUT2D eigenvalue weighted by Crippen LogP contribution is 2.41. The quantitative estimate of drug-likeness (QED) is 0.350. The fourth-order valence-corrected chi connectivity index (χ4v) is 3.11. The van der Waals surface area contributed by atoms with Gasteiger partial charge in [-0.2, -0.15) is 0 Å². The normalized spacial score (nSPS) is 14.6. The minimum absolute atomic E-state index is 0.183. The van der Waals surface area contributed by atoms with Crippen LogP contribution in [0.2, 0.25) is 0 Å². The minimum Gasteiger partial charge on any atom is -0.495 e. The zero-order valence-electron chi connectivity index (χ0n) is 14.7. The van der Waals surface area contributed by atoms with Crippen molar-refractivity contribution in [3.8, 4) is 0 Å². The summed E-state index contributed by atoms with van der Waals surface area (Å²) < 4.78 is 10.3. The maximum atomic E-state index is 13.1. The minimum atomic E-state index is -0.563. The molecule has 6 nitrogen and oxygen atoms in total. The maximum Gasteiger partial charge on any atom is 0.337 e. The molecule has 27 heavy (non-hydrogen) atoms. The Hall–Kier alpha value is -3.12. The van der Waals surface area contributed by atoms with Crippen molar-refractivity contribution >= 4 is 46.4 Å². The summed E-state index contributed by atoms with van der Waals surface area (Å²) in [5.74, 6) is -1.73. The van der Waals surface area contributed by atoms with Crippen LogP contribution in [0.1, 0.15) is 21.5 Å². The molecule has 0 aromatic heterocycles. The van der Waals surface area contributed by atoms with Crippen molar-refractivity contribution in [3.05, 3.63) is 65.2 Å². The van der Waals surface area contributed by atoms with E-state index >= 15 is 0 Å². The molecule has 1 aliphatic heterocycles. The molecule has 7 heteroatoms. The summed E-state index contributed by atoms with van der Waals surface area (Å²) in [6.45, 7) is 0. The molecule has 1 aliphatic rings. The number of alkyl halides is 1. The molecular weight excluding hydrogens is 370 g/mol. The Balaban J connectivity index is 2.30. The van der Waals surface area contributed by atoms with Crippen LogP contribution in [0, 0.1) is 0 Å². The number of hydrogen-bond donors (Lipinski definition) is 0. The topological polar surface area (TPSA) is 72.9 Å². The molecule has 2 aromatic carbocycles. The standard InChI is InChI=1S/C20H16ClNO5/c1-26-18(12-6-4-3-5-7-12)17-14-10-13(20(25)27-2)8-9-15(14)22(19(17)24)16(23)11-21/h3-10H,11H2,1-2H3/b18-17-. The molecular formula is C20H16ClNO5. The average molecular weight is 386 g/mol. The van der Waals surface area contributed by atoms with Crippen LogP contribution in [0.3, 0.4) is 0 Å². The van der Waals surface area contributed by atoms with Crippen LogP contribution in [-0.4, -0.2) is 37.9 Å². The number of halogens is 1. The highest BCUT2D eigenvalue weighted by molar-refractivity contribution is 6.46. The van der Waals surface area contributed by atoms with Gasteiger partial charge in [-0.15, -0.1) is 11.6 Å². The summed E-state index contributed by atoms with van der Waals surface area (Å²) in [6, 6.07) is 13.6. The number of ether oxygens (including phenoxy) is 2. The molecule has 0 saturated heterocycles. The first-order valence-electron chi connectivity index (χ1n) is 8.03. The van der Waals surface area contributed by atoms with Crippen LogP contribution >= 0.6 is 11.6 Å². The summed E-state index contributed by atoms with van der Waals surface area (Å²) in [7, 11) is 2.71. The van der Waals surface area contributed by atoms with Gasteiger partial charge in [-0.1, -0.05) is 30.3 Å². The largest absolute Gasteiger partial charge is 0.495 e. The Morgan fingerprint density at radius 3 is 2.30 bits per heavy atom. The van der Waals surface area contributed by atoms with Gasteiger partial charge in [-0.3, -0.25) is 9.59 Å². The molecule has 0 unspecified atom stereocenters. The molecule has 2 aromatic rings. The van der Waals surface area contributed by atoms with E-state index in [1.165, 1.54) is 32.4 Å². The van der Waals surface area contributed by atoms with Crippen molar-refractivity contribution in [1.29, 1.82) is 0 Å². The number of nitrogens with zero attached hydrogens (tertiary/aromatic N) is 1. The number of imide groups is 1. The molecule has 0 atom stereocenters. The average Bonchev–Trinajstić information content (AvgIpc) is 2.99.